The molecule has 0 radical (unpaired) electrons. The van der Waals surface area contributed by atoms with Gasteiger partial charge in [-0.25, -0.2) is 0 Å². The molecule has 1 heterocycles. The summed E-state index contributed by atoms with van der Waals surface area (Å²) in [5.41, 5.74) is 3.81. The third-order valence-corrected chi connectivity index (χ3v) is 4.99. The van der Waals surface area contributed by atoms with E-state index in [1.807, 2.05) is 6.20 Å². The fraction of sp³-hybridized carbons (Fsp3) is 0.286. The van der Waals surface area contributed by atoms with E-state index < -0.39 is 0 Å². The van der Waals surface area contributed by atoms with Gasteiger partial charge >= 0.3 is 0 Å². The Balaban J connectivity index is 2.29. The van der Waals surface area contributed by atoms with E-state index in [2.05, 4.69) is 82.3 Å². The molecule has 3 rings (SSSR count). The van der Waals surface area contributed by atoms with Crippen LogP contribution in [0.3, 0.4) is 0 Å². The molecule has 0 saturated carbocycles. The number of rotatable bonds is 3. The van der Waals surface area contributed by atoms with Gasteiger partial charge in [0.25, 0.3) is 0 Å². The average molecular weight is 289 g/mol. The fourth-order valence-corrected chi connectivity index (χ4v) is 2.90. The zero-order valence-electron chi connectivity index (χ0n) is 13.8. The summed E-state index contributed by atoms with van der Waals surface area (Å²) in [4.78, 5) is 4.71. The van der Waals surface area contributed by atoms with E-state index in [1.165, 1.54) is 21.9 Å². The molecule has 0 fully saturated rings. The molecule has 3 aromatic rings. The van der Waals surface area contributed by atoms with Gasteiger partial charge in [0.15, 0.2) is 0 Å². The zero-order valence-corrected chi connectivity index (χ0v) is 13.8. The smallest absolute Gasteiger partial charge is 0.0783 e. The molecule has 0 amide bonds. The molecule has 0 aliphatic rings. The highest BCUT2D eigenvalue weighted by molar-refractivity contribution is 5.95. The molecular weight excluding hydrogens is 266 g/mol. The first kappa shape index (κ1) is 14.8. The lowest BCUT2D eigenvalue weighted by Gasteiger charge is -2.32. The van der Waals surface area contributed by atoms with Crippen LogP contribution in [-0.2, 0) is 5.41 Å². The highest BCUT2D eigenvalue weighted by Crippen LogP contribution is 2.39. The maximum Gasteiger partial charge on any atom is 0.0783 e. The fourth-order valence-electron chi connectivity index (χ4n) is 2.90. The van der Waals surface area contributed by atoms with Gasteiger partial charge in [-0.3, -0.25) is 4.98 Å². The number of aromatic nitrogens is 1. The molecule has 0 saturated heterocycles. The van der Waals surface area contributed by atoms with Crippen molar-refractivity contribution in [2.24, 2.45) is 5.92 Å². The van der Waals surface area contributed by atoms with E-state index in [9.17, 15) is 0 Å². The minimum Gasteiger partial charge on any atom is -0.256 e. The first-order valence-electron chi connectivity index (χ1n) is 7.95. The Bertz CT molecular complexity index is 794. The van der Waals surface area contributed by atoms with Crippen LogP contribution in [-0.4, -0.2) is 4.98 Å². The molecule has 0 N–H and O–H groups in total. The molecule has 1 nitrogen and oxygen atoms in total. The largest absolute Gasteiger partial charge is 0.256 e. The summed E-state index contributed by atoms with van der Waals surface area (Å²) >= 11 is 0. The van der Waals surface area contributed by atoms with Crippen LogP contribution in [0.1, 0.15) is 33.3 Å². The zero-order chi connectivity index (χ0) is 15.7. The highest BCUT2D eigenvalue weighted by Gasteiger charge is 2.28. The van der Waals surface area contributed by atoms with Crippen LogP contribution in [0.15, 0.2) is 60.8 Å². The first-order valence-corrected chi connectivity index (χ1v) is 7.95. The molecule has 1 aromatic heterocycles. The highest BCUT2D eigenvalue weighted by atomic mass is 14.7. The van der Waals surface area contributed by atoms with Gasteiger partial charge in [0.2, 0.25) is 0 Å². The van der Waals surface area contributed by atoms with Gasteiger partial charge in [0.05, 0.1) is 5.69 Å². The van der Waals surface area contributed by atoms with Crippen molar-refractivity contribution in [3.8, 4) is 11.3 Å². The Hall–Kier alpha value is -2.15. The number of pyridine rings is 1. The minimum atomic E-state index is 0.106. The van der Waals surface area contributed by atoms with Crippen LogP contribution in [0, 0.1) is 5.92 Å². The number of fused-ring (bicyclic) bond motifs is 1. The van der Waals surface area contributed by atoms with Crippen molar-refractivity contribution in [1.29, 1.82) is 0 Å². The summed E-state index contributed by atoms with van der Waals surface area (Å²) in [5.74, 6) is 0.559. The second kappa shape index (κ2) is 5.57. The van der Waals surface area contributed by atoms with Gasteiger partial charge in [-0.1, -0.05) is 76.2 Å². The maximum absolute atomic E-state index is 4.71. The van der Waals surface area contributed by atoms with Gasteiger partial charge in [-0.05, 0) is 28.3 Å². The van der Waals surface area contributed by atoms with E-state index >= 15 is 0 Å². The molecule has 0 atom stereocenters. The van der Waals surface area contributed by atoms with Crippen molar-refractivity contribution < 1.29 is 0 Å². The van der Waals surface area contributed by atoms with Crippen molar-refractivity contribution in [2.45, 2.75) is 33.1 Å². The predicted octanol–water partition coefficient (Wildman–Crippen LogP) is 5.84. The molecule has 0 spiro atoms. The third kappa shape index (κ3) is 2.41. The molecule has 1 heteroatoms. The van der Waals surface area contributed by atoms with Crippen molar-refractivity contribution in [3.05, 3.63) is 66.4 Å². The van der Waals surface area contributed by atoms with E-state index in [-0.39, 0.29) is 5.41 Å². The quantitative estimate of drug-likeness (QED) is 0.590. The predicted molar refractivity (Wildman–Crippen MR) is 95.0 cm³/mol. The van der Waals surface area contributed by atoms with E-state index in [4.69, 9.17) is 4.98 Å². The second-order valence-electron chi connectivity index (χ2n) is 6.80. The molecule has 0 bridgehead atoms. The van der Waals surface area contributed by atoms with Crippen LogP contribution in [0.2, 0.25) is 0 Å². The van der Waals surface area contributed by atoms with Gasteiger partial charge in [-0.15, -0.1) is 0 Å². The lowest BCUT2D eigenvalue weighted by Crippen LogP contribution is -2.25. The van der Waals surface area contributed by atoms with Crippen LogP contribution < -0.4 is 0 Å². The Morgan fingerprint density at radius 3 is 2.32 bits per heavy atom. The SMILES string of the molecule is CC(C)C(C)(C)c1ccccc1-c1nccc2ccccc12. The van der Waals surface area contributed by atoms with Crippen molar-refractivity contribution in [1.82, 2.24) is 4.98 Å². The number of hydrogen-bond acceptors (Lipinski definition) is 1. The normalized spacial score (nSPS) is 12.0. The van der Waals surface area contributed by atoms with Gasteiger partial charge < -0.3 is 0 Å². The third-order valence-electron chi connectivity index (χ3n) is 4.99. The van der Waals surface area contributed by atoms with Crippen molar-refractivity contribution in [2.75, 3.05) is 0 Å². The monoisotopic (exact) mass is 289 g/mol. The maximum atomic E-state index is 4.71. The van der Waals surface area contributed by atoms with Crippen LogP contribution in [0.25, 0.3) is 22.0 Å². The standard InChI is InChI=1S/C21H23N/c1-15(2)21(3,4)19-12-8-7-11-18(19)20-17-10-6-5-9-16(17)13-14-22-20/h5-15H,1-4H3. The van der Waals surface area contributed by atoms with Crippen molar-refractivity contribution in [3.63, 3.8) is 0 Å². The number of benzene rings is 2. The summed E-state index contributed by atoms with van der Waals surface area (Å²) in [5, 5.41) is 2.46. The summed E-state index contributed by atoms with van der Waals surface area (Å²) in [6.45, 7) is 9.21. The lowest BCUT2D eigenvalue weighted by atomic mass is 9.73. The summed E-state index contributed by atoms with van der Waals surface area (Å²) in [7, 11) is 0. The Kier molecular flexibility index (Phi) is 3.74. The number of hydrogen-bond donors (Lipinski definition) is 0. The number of nitrogens with zero attached hydrogens (tertiary/aromatic N) is 1. The average Bonchev–Trinajstić information content (AvgIpc) is 2.54. The molecule has 0 aliphatic carbocycles. The van der Waals surface area contributed by atoms with E-state index in [0.717, 1.165) is 5.69 Å². The molecule has 2 aromatic carbocycles. The Morgan fingerprint density at radius 1 is 0.864 bits per heavy atom. The van der Waals surface area contributed by atoms with Crippen LogP contribution in [0.5, 0.6) is 0 Å². The Labute approximate surface area is 133 Å². The summed E-state index contributed by atoms with van der Waals surface area (Å²) in [6, 6.07) is 19.3. The Morgan fingerprint density at radius 2 is 1.55 bits per heavy atom. The van der Waals surface area contributed by atoms with E-state index in [0.29, 0.717) is 5.92 Å². The van der Waals surface area contributed by atoms with Gasteiger partial charge in [0.1, 0.15) is 0 Å². The second-order valence-corrected chi connectivity index (χ2v) is 6.80. The topological polar surface area (TPSA) is 12.9 Å². The van der Waals surface area contributed by atoms with Gasteiger partial charge in [-0.2, -0.15) is 0 Å². The van der Waals surface area contributed by atoms with Crippen LogP contribution >= 0.6 is 0 Å². The molecule has 112 valence electrons. The van der Waals surface area contributed by atoms with E-state index in [1.54, 1.807) is 0 Å². The molecule has 0 unspecified atom stereocenters. The van der Waals surface area contributed by atoms with Crippen molar-refractivity contribution >= 4 is 10.8 Å². The molecule has 0 aliphatic heterocycles. The van der Waals surface area contributed by atoms with Crippen LogP contribution in [0.4, 0.5) is 0 Å². The lowest BCUT2D eigenvalue weighted by molar-refractivity contribution is 0.373. The summed E-state index contributed by atoms with van der Waals surface area (Å²) < 4.78 is 0. The molecule has 22 heavy (non-hydrogen) atoms. The van der Waals surface area contributed by atoms with Gasteiger partial charge in [0, 0.05) is 17.1 Å². The summed E-state index contributed by atoms with van der Waals surface area (Å²) in [6.07, 6.45) is 1.91. The molecular formula is C21H23N. The first-order chi connectivity index (χ1) is 10.5. The minimum absolute atomic E-state index is 0.106.